The van der Waals surface area contributed by atoms with Crippen LogP contribution >= 0.6 is 0 Å². The van der Waals surface area contributed by atoms with Crippen LogP contribution in [-0.4, -0.2) is 114 Å². The van der Waals surface area contributed by atoms with Crippen molar-refractivity contribution in [1.82, 2.24) is 31.1 Å². The fourth-order valence-electron chi connectivity index (χ4n) is 7.08. The Labute approximate surface area is 334 Å². The van der Waals surface area contributed by atoms with Crippen molar-refractivity contribution in [3.63, 3.8) is 0 Å². The van der Waals surface area contributed by atoms with Crippen LogP contribution in [0.1, 0.15) is 104 Å². The molecule has 57 heavy (non-hydrogen) atoms. The average Bonchev–Trinajstić information content (AvgIpc) is 3.90. The molecule has 16 heteroatoms. The Morgan fingerprint density at radius 2 is 1.53 bits per heavy atom. The summed E-state index contributed by atoms with van der Waals surface area (Å²) in [4.78, 5) is 109. The maximum absolute atomic E-state index is 14.5. The highest BCUT2D eigenvalue weighted by molar-refractivity contribution is 6.38. The number of ether oxygens (including phenoxy) is 2. The summed E-state index contributed by atoms with van der Waals surface area (Å²) in [6, 6.07) is 3.30. The Bertz CT molecular complexity index is 1640. The number of methoxy groups -OCH3 is 1. The molecule has 2 fully saturated rings. The molecule has 1 aromatic carbocycles. The van der Waals surface area contributed by atoms with E-state index in [2.05, 4.69) is 26.0 Å². The van der Waals surface area contributed by atoms with Crippen molar-refractivity contribution in [2.45, 2.75) is 142 Å². The van der Waals surface area contributed by atoms with Crippen LogP contribution in [0.25, 0.3) is 0 Å². The molecule has 1 saturated carbocycles. The zero-order valence-electron chi connectivity index (χ0n) is 34.1. The van der Waals surface area contributed by atoms with Gasteiger partial charge in [-0.05, 0) is 61.5 Å². The second kappa shape index (κ2) is 20.9. The van der Waals surface area contributed by atoms with Crippen molar-refractivity contribution in [3.05, 3.63) is 35.4 Å². The van der Waals surface area contributed by atoms with Crippen molar-refractivity contribution in [3.8, 4) is 0 Å². The predicted octanol–water partition coefficient (Wildman–Crippen LogP) is 2.30. The third-order valence-electron chi connectivity index (χ3n) is 10.6. The number of ketones is 1. The first-order chi connectivity index (χ1) is 27.1. The normalized spacial score (nSPS) is 19.2. The van der Waals surface area contributed by atoms with Gasteiger partial charge in [-0.15, -0.1) is 0 Å². The van der Waals surface area contributed by atoms with E-state index in [-0.39, 0.29) is 56.1 Å². The molecule has 1 aromatic rings. The maximum atomic E-state index is 14.5. The summed E-state index contributed by atoms with van der Waals surface area (Å²) >= 11 is 0. The van der Waals surface area contributed by atoms with Gasteiger partial charge in [0.2, 0.25) is 29.4 Å². The molecule has 5 atom stereocenters. The molecule has 2 aliphatic heterocycles. The number of nitrogens with one attached hydrogen (secondary N) is 4. The van der Waals surface area contributed by atoms with E-state index in [1.807, 2.05) is 31.2 Å². The zero-order valence-corrected chi connectivity index (χ0v) is 34.1. The van der Waals surface area contributed by atoms with Gasteiger partial charge in [0.1, 0.15) is 24.2 Å². The third-order valence-corrected chi connectivity index (χ3v) is 10.6. The van der Waals surface area contributed by atoms with Crippen molar-refractivity contribution < 1.29 is 47.8 Å². The van der Waals surface area contributed by atoms with Crippen molar-refractivity contribution >= 4 is 47.4 Å². The van der Waals surface area contributed by atoms with Gasteiger partial charge in [-0.2, -0.15) is 0 Å². The number of rotatable bonds is 19. The Balaban J connectivity index is 1.50. The van der Waals surface area contributed by atoms with Crippen LogP contribution in [0.4, 0.5) is 4.79 Å². The first-order valence-electron chi connectivity index (χ1n) is 20.3. The SMILES string of the molecule is CCCC(NC(=O)C1C[C@H](OC(=O)N2CCc3ccccc3C2)CN1C(=O)[C@@H](NC(=O)[C@H](NC(=O)CCCCC(=O)OC)C(C)C)C(C)C)C(=O)C(=O)NC1CC1. The number of hydrogen-bond donors (Lipinski definition) is 4. The van der Waals surface area contributed by atoms with E-state index < -0.39 is 71.7 Å². The number of likely N-dealkylation sites (tertiary alicyclic amines) is 1. The topological polar surface area (TPSA) is 210 Å². The molecule has 2 unspecified atom stereocenters. The van der Waals surface area contributed by atoms with Crippen LogP contribution in [0, 0.1) is 11.8 Å². The molecule has 0 spiro atoms. The predicted molar refractivity (Wildman–Crippen MR) is 208 cm³/mol. The molecule has 1 aliphatic carbocycles. The van der Waals surface area contributed by atoms with Gasteiger partial charge in [-0.25, -0.2) is 4.79 Å². The lowest BCUT2D eigenvalue weighted by atomic mass is 9.98. The van der Waals surface area contributed by atoms with E-state index in [9.17, 15) is 38.4 Å². The third kappa shape index (κ3) is 12.7. The quantitative estimate of drug-likeness (QED) is 0.0913. The molecule has 16 nitrogen and oxygen atoms in total. The molecule has 2 heterocycles. The number of unbranched alkanes of at least 4 members (excludes halogenated alkanes) is 1. The number of carbonyl (C=O) groups is 8. The van der Waals surface area contributed by atoms with Crippen molar-refractivity contribution in [2.75, 3.05) is 20.2 Å². The van der Waals surface area contributed by atoms with Crippen LogP contribution in [-0.2, 0) is 56.0 Å². The van der Waals surface area contributed by atoms with Gasteiger partial charge in [-0.3, -0.25) is 33.6 Å². The summed E-state index contributed by atoms with van der Waals surface area (Å²) in [5.74, 6) is -5.03. The Hall–Kier alpha value is -5.02. The molecule has 314 valence electrons. The van der Waals surface area contributed by atoms with Crippen LogP contribution in [0.5, 0.6) is 0 Å². The first kappa shape index (κ1) is 44.7. The van der Waals surface area contributed by atoms with Crippen LogP contribution < -0.4 is 21.3 Å². The maximum Gasteiger partial charge on any atom is 0.410 e. The Kier molecular flexibility index (Phi) is 16.4. The molecule has 0 bridgehead atoms. The highest BCUT2D eigenvalue weighted by atomic mass is 16.6. The van der Waals surface area contributed by atoms with Gasteiger partial charge in [0.25, 0.3) is 5.91 Å². The van der Waals surface area contributed by atoms with Gasteiger partial charge >= 0.3 is 12.1 Å². The lowest BCUT2D eigenvalue weighted by Crippen LogP contribution is -2.59. The summed E-state index contributed by atoms with van der Waals surface area (Å²) in [6.45, 7) is 9.43. The number of hydrogen-bond acceptors (Lipinski definition) is 10. The smallest absolute Gasteiger partial charge is 0.410 e. The summed E-state index contributed by atoms with van der Waals surface area (Å²) in [7, 11) is 1.29. The number of fused-ring (bicyclic) bond motifs is 1. The van der Waals surface area contributed by atoms with E-state index in [1.54, 1.807) is 32.6 Å². The van der Waals surface area contributed by atoms with E-state index in [0.29, 0.717) is 38.8 Å². The first-order valence-corrected chi connectivity index (χ1v) is 20.3. The van der Waals surface area contributed by atoms with Crippen LogP contribution in [0.3, 0.4) is 0 Å². The van der Waals surface area contributed by atoms with E-state index in [0.717, 1.165) is 24.0 Å². The molecule has 6 amide bonds. The number of amides is 6. The molecule has 4 N–H and O–H groups in total. The fourth-order valence-corrected chi connectivity index (χ4v) is 7.08. The molecule has 1 saturated heterocycles. The number of Topliss-reactive ketones (excluding diaryl/α,β-unsaturated/α-hetero) is 1. The Morgan fingerprint density at radius 1 is 0.860 bits per heavy atom. The molecule has 3 aliphatic rings. The van der Waals surface area contributed by atoms with E-state index >= 15 is 0 Å². The van der Waals surface area contributed by atoms with Gasteiger partial charge in [0.05, 0.1) is 19.7 Å². The van der Waals surface area contributed by atoms with Gasteiger partial charge in [0, 0.05) is 38.4 Å². The van der Waals surface area contributed by atoms with Gasteiger partial charge in [0.15, 0.2) is 0 Å². The molecular formula is C41H60N6O10. The second-order valence-corrected chi connectivity index (χ2v) is 16.0. The molecular weight excluding hydrogens is 736 g/mol. The lowest BCUT2D eigenvalue weighted by molar-refractivity contribution is -0.144. The number of carbonyl (C=O) groups excluding carboxylic acids is 8. The summed E-state index contributed by atoms with van der Waals surface area (Å²) < 4.78 is 10.6. The lowest BCUT2D eigenvalue weighted by Gasteiger charge is -2.32. The Morgan fingerprint density at radius 3 is 2.16 bits per heavy atom. The van der Waals surface area contributed by atoms with Crippen LogP contribution in [0.15, 0.2) is 24.3 Å². The highest BCUT2D eigenvalue weighted by Crippen LogP contribution is 2.26. The van der Waals surface area contributed by atoms with E-state index in [1.165, 1.54) is 12.0 Å². The second-order valence-electron chi connectivity index (χ2n) is 16.0. The van der Waals surface area contributed by atoms with E-state index in [4.69, 9.17) is 4.74 Å². The monoisotopic (exact) mass is 796 g/mol. The molecule has 0 radical (unpaired) electrons. The summed E-state index contributed by atoms with van der Waals surface area (Å²) in [6.07, 6.45) is 2.44. The largest absolute Gasteiger partial charge is 0.469 e. The highest BCUT2D eigenvalue weighted by Gasteiger charge is 2.46. The minimum absolute atomic E-state index is 0.0592. The number of esters is 1. The number of benzene rings is 1. The average molecular weight is 797 g/mol. The molecule has 4 rings (SSSR count). The summed E-state index contributed by atoms with van der Waals surface area (Å²) in [5.41, 5.74) is 2.15. The van der Waals surface area contributed by atoms with Gasteiger partial charge in [-0.1, -0.05) is 65.3 Å². The minimum atomic E-state index is -1.19. The van der Waals surface area contributed by atoms with Crippen molar-refractivity contribution in [1.29, 1.82) is 0 Å². The van der Waals surface area contributed by atoms with Crippen LogP contribution in [0.2, 0.25) is 0 Å². The zero-order chi connectivity index (χ0) is 41.8. The molecule has 0 aromatic heterocycles. The fraction of sp³-hybridized carbons (Fsp3) is 0.659. The van der Waals surface area contributed by atoms with Gasteiger partial charge < -0.3 is 40.5 Å². The minimum Gasteiger partial charge on any atom is -0.469 e. The summed E-state index contributed by atoms with van der Waals surface area (Å²) in [5, 5.41) is 10.9. The van der Waals surface area contributed by atoms with Crippen molar-refractivity contribution in [2.24, 2.45) is 11.8 Å². The number of nitrogens with zero attached hydrogens (tertiary/aromatic N) is 2. The standard InChI is InChI=1S/C41H60N6O10/c1-7-12-30(36(50)39(53)42-28-17-18-28)43-37(51)31-21-29(57-41(55)46-20-19-26-13-8-9-14-27(26)22-46)23-47(31)40(54)35(25(4)5)45-38(52)34(24(2)3)44-32(48)15-10-11-16-33(49)56-6/h8-9,13-14,24-25,28-31,34-35H,7,10-12,15-23H2,1-6H3,(H,42,53)(H,43,51)(H,44,48)(H,45,52)/t29-,30?,31?,34+,35-/m0/s1.